The molecule has 3 heteroatoms. The van der Waals surface area contributed by atoms with E-state index in [1.165, 1.54) is 11.1 Å². The minimum absolute atomic E-state index is 0.0373. The summed E-state index contributed by atoms with van der Waals surface area (Å²) >= 11 is 3.52. The third-order valence-corrected chi connectivity index (χ3v) is 3.67. The summed E-state index contributed by atoms with van der Waals surface area (Å²) in [5.74, 6) is 0.753. The number of benzene rings is 2. The molecule has 0 amide bonds. The van der Waals surface area contributed by atoms with Crippen LogP contribution in [0.4, 0.5) is 0 Å². The Morgan fingerprint density at radius 3 is 2.79 bits per heavy atom. The van der Waals surface area contributed by atoms with E-state index in [1.807, 2.05) is 31.2 Å². The Morgan fingerprint density at radius 2 is 2.00 bits per heavy atom. The van der Waals surface area contributed by atoms with Gasteiger partial charge in [-0.25, -0.2) is 4.99 Å². The number of nitrogens with zero attached hydrogens (tertiary/aromatic N) is 1. The summed E-state index contributed by atoms with van der Waals surface area (Å²) in [6.07, 6.45) is 0. The molecule has 2 aromatic rings. The second kappa shape index (κ2) is 5.17. The molecule has 2 aromatic carbocycles. The number of rotatable bonds is 2. The second-order valence-corrected chi connectivity index (χ2v) is 5.33. The van der Waals surface area contributed by atoms with Crippen molar-refractivity contribution in [2.45, 2.75) is 13.0 Å². The van der Waals surface area contributed by atoms with Gasteiger partial charge in [0, 0.05) is 10.0 Å². The van der Waals surface area contributed by atoms with Gasteiger partial charge in [-0.1, -0.05) is 46.3 Å². The first kappa shape index (κ1) is 12.4. The summed E-state index contributed by atoms with van der Waals surface area (Å²) in [7, 11) is 0. The molecular formula is C16H14BrNO. The molecule has 1 atom stereocenters. The van der Waals surface area contributed by atoms with Crippen LogP contribution in [-0.2, 0) is 4.74 Å². The van der Waals surface area contributed by atoms with Crippen LogP contribution in [0, 0.1) is 0 Å². The average molecular weight is 316 g/mol. The summed E-state index contributed by atoms with van der Waals surface area (Å²) in [6, 6.07) is 16.6. The molecule has 0 N–H and O–H groups in total. The fraction of sp³-hybridized carbons (Fsp3) is 0.188. The fourth-order valence-corrected chi connectivity index (χ4v) is 2.79. The Morgan fingerprint density at radius 1 is 1.16 bits per heavy atom. The van der Waals surface area contributed by atoms with Crippen molar-refractivity contribution in [1.29, 1.82) is 0 Å². The van der Waals surface area contributed by atoms with Crippen molar-refractivity contribution in [2.75, 3.05) is 6.61 Å². The Hall–Kier alpha value is -1.61. The highest BCUT2D eigenvalue weighted by Gasteiger charge is 2.26. The van der Waals surface area contributed by atoms with Gasteiger partial charge in [0.25, 0.3) is 0 Å². The molecule has 96 valence electrons. The number of ether oxygens (including phenoxy) is 1. The van der Waals surface area contributed by atoms with Gasteiger partial charge < -0.3 is 4.74 Å². The molecule has 3 rings (SSSR count). The second-order valence-electron chi connectivity index (χ2n) is 4.41. The monoisotopic (exact) mass is 315 g/mol. The molecule has 2 nitrogen and oxygen atoms in total. The summed E-state index contributed by atoms with van der Waals surface area (Å²) in [4.78, 5) is 4.73. The highest BCUT2D eigenvalue weighted by molar-refractivity contribution is 9.10. The maximum Gasteiger partial charge on any atom is 0.217 e. The molecule has 1 aliphatic rings. The van der Waals surface area contributed by atoms with Crippen LogP contribution >= 0.6 is 15.9 Å². The number of fused-ring (bicyclic) bond motifs is 1. The lowest BCUT2D eigenvalue weighted by molar-refractivity contribution is 0.328. The third kappa shape index (κ3) is 2.30. The van der Waals surface area contributed by atoms with Gasteiger partial charge in [0.1, 0.15) is 6.04 Å². The van der Waals surface area contributed by atoms with Crippen LogP contribution in [0.25, 0.3) is 0 Å². The predicted molar refractivity (Wildman–Crippen MR) is 80.6 cm³/mol. The summed E-state index contributed by atoms with van der Waals surface area (Å²) in [5, 5.41) is 0. The van der Waals surface area contributed by atoms with Crippen molar-refractivity contribution < 1.29 is 4.74 Å². The molecule has 1 unspecified atom stereocenters. The summed E-state index contributed by atoms with van der Waals surface area (Å²) < 4.78 is 6.72. The molecule has 0 saturated carbocycles. The van der Waals surface area contributed by atoms with Crippen LogP contribution in [0.5, 0.6) is 0 Å². The van der Waals surface area contributed by atoms with Crippen LogP contribution in [0.1, 0.15) is 29.7 Å². The van der Waals surface area contributed by atoms with Gasteiger partial charge in [-0.15, -0.1) is 0 Å². The molecule has 0 saturated heterocycles. The first-order valence-electron chi connectivity index (χ1n) is 6.35. The first-order valence-corrected chi connectivity index (χ1v) is 7.14. The van der Waals surface area contributed by atoms with Gasteiger partial charge in [-0.05, 0) is 36.2 Å². The average Bonchev–Trinajstić information content (AvgIpc) is 2.79. The SMILES string of the molecule is CCOC1=NC(c2cccc(Br)c2)c2ccccc21. The largest absolute Gasteiger partial charge is 0.478 e. The Labute approximate surface area is 121 Å². The number of aliphatic imine (C=N–C) groups is 1. The molecule has 19 heavy (non-hydrogen) atoms. The zero-order valence-electron chi connectivity index (χ0n) is 10.6. The summed E-state index contributed by atoms with van der Waals surface area (Å²) in [6.45, 7) is 2.62. The van der Waals surface area contributed by atoms with Gasteiger partial charge in [-0.3, -0.25) is 0 Å². The van der Waals surface area contributed by atoms with E-state index in [2.05, 4.69) is 40.2 Å². The summed E-state index contributed by atoms with van der Waals surface area (Å²) in [5.41, 5.74) is 3.50. The van der Waals surface area contributed by atoms with E-state index in [1.54, 1.807) is 0 Å². The van der Waals surface area contributed by atoms with E-state index in [-0.39, 0.29) is 6.04 Å². The molecule has 1 aliphatic heterocycles. The van der Waals surface area contributed by atoms with Crippen molar-refractivity contribution in [2.24, 2.45) is 4.99 Å². The van der Waals surface area contributed by atoms with Crippen molar-refractivity contribution in [3.8, 4) is 0 Å². The molecule has 1 heterocycles. The van der Waals surface area contributed by atoms with Crippen LogP contribution in [0.15, 0.2) is 58.0 Å². The fourth-order valence-electron chi connectivity index (χ4n) is 2.37. The van der Waals surface area contributed by atoms with Crippen LogP contribution < -0.4 is 0 Å². The molecule has 0 radical (unpaired) electrons. The number of hydrogen-bond acceptors (Lipinski definition) is 2. The van der Waals surface area contributed by atoms with E-state index in [9.17, 15) is 0 Å². The topological polar surface area (TPSA) is 21.6 Å². The molecule has 0 aliphatic carbocycles. The van der Waals surface area contributed by atoms with E-state index in [0.717, 1.165) is 15.9 Å². The van der Waals surface area contributed by atoms with Crippen molar-refractivity contribution in [1.82, 2.24) is 0 Å². The normalized spacial score (nSPS) is 16.9. The zero-order valence-corrected chi connectivity index (χ0v) is 12.2. The number of hydrogen-bond donors (Lipinski definition) is 0. The van der Waals surface area contributed by atoms with Gasteiger partial charge in [0.05, 0.1) is 6.61 Å². The van der Waals surface area contributed by atoms with Crippen LogP contribution in [0.2, 0.25) is 0 Å². The lowest BCUT2D eigenvalue weighted by atomic mass is 9.98. The van der Waals surface area contributed by atoms with E-state index >= 15 is 0 Å². The Kier molecular flexibility index (Phi) is 3.38. The molecule has 0 bridgehead atoms. The van der Waals surface area contributed by atoms with E-state index < -0.39 is 0 Å². The smallest absolute Gasteiger partial charge is 0.217 e. The molecule has 0 aromatic heterocycles. The quantitative estimate of drug-likeness (QED) is 0.808. The van der Waals surface area contributed by atoms with Crippen molar-refractivity contribution in [3.63, 3.8) is 0 Å². The highest BCUT2D eigenvalue weighted by atomic mass is 79.9. The van der Waals surface area contributed by atoms with E-state index in [4.69, 9.17) is 9.73 Å². The van der Waals surface area contributed by atoms with Crippen molar-refractivity contribution in [3.05, 3.63) is 69.7 Å². The molecular weight excluding hydrogens is 302 g/mol. The van der Waals surface area contributed by atoms with Gasteiger partial charge in [0.15, 0.2) is 0 Å². The van der Waals surface area contributed by atoms with E-state index in [0.29, 0.717) is 6.61 Å². The maximum absolute atomic E-state index is 5.65. The minimum Gasteiger partial charge on any atom is -0.478 e. The lowest BCUT2D eigenvalue weighted by Crippen LogP contribution is -2.03. The third-order valence-electron chi connectivity index (χ3n) is 3.18. The number of halogens is 1. The van der Waals surface area contributed by atoms with Crippen molar-refractivity contribution >= 4 is 21.8 Å². The first-order chi connectivity index (χ1) is 9.29. The Balaban J connectivity index is 2.08. The molecule has 0 fully saturated rings. The van der Waals surface area contributed by atoms with Crippen LogP contribution in [-0.4, -0.2) is 12.5 Å². The van der Waals surface area contributed by atoms with Gasteiger partial charge in [-0.2, -0.15) is 0 Å². The zero-order chi connectivity index (χ0) is 13.2. The Bertz CT molecular complexity index is 636. The van der Waals surface area contributed by atoms with Gasteiger partial charge >= 0.3 is 0 Å². The molecule has 0 spiro atoms. The predicted octanol–water partition coefficient (Wildman–Crippen LogP) is 4.34. The lowest BCUT2D eigenvalue weighted by Gasteiger charge is -2.09. The standard InChI is InChI=1S/C16H14BrNO/c1-2-19-16-14-9-4-3-8-13(14)15(18-16)11-6-5-7-12(17)10-11/h3-10,15H,2H2,1H3. The van der Waals surface area contributed by atoms with Gasteiger partial charge in [0.2, 0.25) is 5.90 Å². The maximum atomic E-state index is 5.65. The minimum atomic E-state index is 0.0373. The highest BCUT2D eigenvalue weighted by Crippen LogP contribution is 2.35. The van der Waals surface area contributed by atoms with Crippen LogP contribution in [0.3, 0.4) is 0 Å².